The standard InChI is InChI=1S/C16H16F2N8O3.C3H7FS.C2H6O/c1-9-13(24-29-23-9)14(27)19-4-11-6-26-12(22-11)2-10(3-21-26)5-25-8-16(17,18)7-20-15(25)28;4-2-1-3-5;1-3-2/h2-3,6H,4-5,7-8H2,1H3,(H,19,27)(H,20,28);5H,1-3H2;1-2H3. The molecule has 0 aromatic carbocycles. The number of urea groups is 1. The van der Waals surface area contributed by atoms with Crippen LogP contribution in [0.4, 0.5) is 18.0 Å². The molecule has 4 rings (SSSR count). The quantitative estimate of drug-likeness (QED) is 0.383. The maximum absolute atomic E-state index is 13.5. The van der Waals surface area contributed by atoms with Crippen LogP contribution < -0.4 is 10.6 Å². The van der Waals surface area contributed by atoms with Gasteiger partial charge in [-0.25, -0.2) is 27.7 Å². The third-order valence-corrected chi connectivity index (χ3v) is 4.91. The molecule has 2 N–H and O–H groups in total. The number of imidazole rings is 1. The van der Waals surface area contributed by atoms with Gasteiger partial charge in [-0.05, 0) is 35.9 Å². The van der Waals surface area contributed by atoms with E-state index in [-0.39, 0.29) is 25.5 Å². The van der Waals surface area contributed by atoms with Gasteiger partial charge in [-0.15, -0.1) is 0 Å². The lowest BCUT2D eigenvalue weighted by Gasteiger charge is -2.32. The molecule has 0 bridgehead atoms. The Morgan fingerprint density at radius 2 is 2.08 bits per heavy atom. The van der Waals surface area contributed by atoms with Gasteiger partial charge in [-0.3, -0.25) is 9.18 Å². The number of alkyl halides is 3. The second kappa shape index (κ2) is 14.4. The van der Waals surface area contributed by atoms with Gasteiger partial charge >= 0.3 is 6.03 Å². The molecular weight excluding hydrogens is 517 g/mol. The van der Waals surface area contributed by atoms with Crippen LogP contribution in [0, 0.1) is 6.92 Å². The van der Waals surface area contributed by atoms with Crippen LogP contribution in [-0.4, -0.2) is 87.4 Å². The minimum atomic E-state index is -2.98. The molecule has 204 valence electrons. The lowest BCUT2D eigenvalue weighted by Crippen LogP contribution is -2.56. The van der Waals surface area contributed by atoms with Crippen LogP contribution in [0.15, 0.2) is 23.1 Å². The summed E-state index contributed by atoms with van der Waals surface area (Å²) in [5, 5.41) is 16.1. The Morgan fingerprint density at radius 3 is 2.68 bits per heavy atom. The molecule has 0 spiro atoms. The molecule has 1 fully saturated rings. The second-order valence-electron chi connectivity index (χ2n) is 7.82. The molecule has 12 nitrogen and oxygen atoms in total. The number of rotatable bonds is 7. The van der Waals surface area contributed by atoms with E-state index in [0.717, 1.165) is 4.90 Å². The van der Waals surface area contributed by atoms with E-state index in [1.54, 1.807) is 33.4 Å². The molecule has 4 heterocycles. The predicted octanol–water partition coefficient (Wildman–Crippen LogP) is 2.05. The molecule has 0 saturated carbocycles. The maximum Gasteiger partial charge on any atom is 0.318 e. The molecule has 16 heteroatoms. The number of carbonyl (C=O) groups excluding carboxylic acids is 2. The predicted molar refractivity (Wildman–Crippen MR) is 129 cm³/mol. The molecule has 37 heavy (non-hydrogen) atoms. The summed E-state index contributed by atoms with van der Waals surface area (Å²) in [4.78, 5) is 29.2. The molecule has 0 aliphatic carbocycles. The van der Waals surface area contributed by atoms with E-state index >= 15 is 0 Å². The Kier molecular flexibility index (Phi) is 11.6. The van der Waals surface area contributed by atoms with Crippen molar-refractivity contribution in [2.75, 3.05) is 39.7 Å². The zero-order chi connectivity index (χ0) is 27.4. The number of nitrogens with one attached hydrogen (secondary N) is 2. The lowest BCUT2D eigenvalue weighted by atomic mass is 10.2. The molecule has 0 atom stereocenters. The summed E-state index contributed by atoms with van der Waals surface area (Å²) in [5.74, 6) is -2.77. The minimum Gasteiger partial charge on any atom is -0.388 e. The van der Waals surface area contributed by atoms with Gasteiger partial charge in [0.2, 0.25) is 0 Å². The maximum atomic E-state index is 13.5. The highest BCUT2D eigenvalue weighted by atomic mass is 32.1. The number of amides is 3. The number of carbonyl (C=O) groups is 2. The largest absolute Gasteiger partial charge is 0.388 e. The number of aromatic nitrogens is 5. The molecule has 3 aromatic rings. The fourth-order valence-electron chi connectivity index (χ4n) is 2.96. The molecule has 3 aromatic heterocycles. The second-order valence-corrected chi connectivity index (χ2v) is 8.27. The van der Waals surface area contributed by atoms with Gasteiger partial charge in [0.1, 0.15) is 5.69 Å². The van der Waals surface area contributed by atoms with Gasteiger partial charge < -0.3 is 20.3 Å². The summed E-state index contributed by atoms with van der Waals surface area (Å²) < 4.78 is 48.2. The summed E-state index contributed by atoms with van der Waals surface area (Å²) in [6.45, 7) is 0.127. The monoisotopic (exact) mass is 546 g/mol. The van der Waals surface area contributed by atoms with Crippen molar-refractivity contribution >= 4 is 30.2 Å². The Bertz CT molecular complexity index is 1160. The van der Waals surface area contributed by atoms with E-state index in [2.05, 4.69) is 53.0 Å². The zero-order valence-electron chi connectivity index (χ0n) is 20.6. The van der Waals surface area contributed by atoms with Crippen molar-refractivity contribution in [3.8, 4) is 0 Å². The Morgan fingerprint density at radius 1 is 1.35 bits per heavy atom. The van der Waals surface area contributed by atoms with Crippen LogP contribution in [0.5, 0.6) is 0 Å². The average Bonchev–Trinajstić information content (AvgIpc) is 3.46. The number of nitrogens with zero attached hydrogens (tertiary/aromatic N) is 6. The number of methoxy groups -OCH3 is 1. The van der Waals surface area contributed by atoms with Crippen LogP contribution >= 0.6 is 12.6 Å². The summed E-state index contributed by atoms with van der Waals surface area (Å²) in [6, 6.07) is 1.09. The van der Waals surface area contributed by atoms with Gasteiger partial charge in [0.05, 0.1) is 44.4 Å². The van der Waals surface area contributed by atoms with Crippen molar-refractivity contribution in [1.29, 1.82) is 0 Å². The normalized spacial score (nSPS) is 14.2. The van der Waals surface area contributed by atoms with Crippen molar-refractivity contribution in [2.24, 2.45) is 0 Å². The Hall–Kier alpha value is -3.40. The number of halogens is 3. The fraction of sp³-hybridized carbons (Fsp3) is 0.524. The van der Waals surface area contributed by atoms with Gasteiger partial charge in [0, 0.05) is 20.8 Å². The topological polar surface area (TPSA) is 140 Å². The molecular formula is C21H29F3N8O4S. The van der Waals surface area contributed by atoms with Crippen molar-refractivity contribution in [2.45, 2.75) is 32.4 Å². The average molecular weight is 547 g/mol. The van der Waals surface area contributed by atoms with E-state index < -0.39 is 31.0 Å². The molecule has 1 aliphatic heterocycles. The third-order valence-electron chi connectivity index (χ3n) is 4.60. The molecule has 1 saturated heterocycles. The fourth-order valence-corrected chi connectivity index (χ4v) is 3.08. The van der Waals surface area contributed by atoms with Crippen molar-refractivity contribution < 1.29 is 32.1 Å². The number of hydrogen-bond donors (Lipinski definition) is 3. The number of hydrogen-bond acceptors (Lipinski definition) is 9. The van der Waals surface area contributed by atoms with Crippen LogP contribution in [0.1, 0.15) is 33.9 Å². The van der Waals surface area contributed by atoms with Crippen molar-refractivity contribution in [3.63, 3.8) is 0 Å². The van der Waals surface area contributed by atoms with Gasteiger partial charge in [-0.2, -0.15) is 17.7 Å². The van der Waals surface area contributed by atoms with Crippen molar-refractivity contribution in [1.82, 2.24) is 40.4 Å². The van der Waals surface area contributed by atoms with E-state index in [1.807, 2.05) is 0 Å². The summed E-state index contributed by atoms with van der Waals surface area (Å²) in [6.07, 6.45) is 3.68. The van der Waals surface area contributed by atoms with E-state index in [9.17, 15) is 22.8 Å². The highest BCUT2D eigenvalue weighted by molar-refractivity contribution is 7.80. The first-order valence-corrected chi connectivity index (χ1v) is 11.7. The first-order valence-electron chi connectivity index (χ1n) is 11.0. The van der Waals surface area contributed by atoms with E-state index in [4.69, 9.17) is 0 Å². The summed E-state index contributed by atoms with van der Waals surface area (Å²) >= 11 is 3.76. The molecule has 0 unspecified atom stereocenters. The first-order chi connectivity index (χ1) is 17.6. The molecule has 1 aliphatic rings. The minimum absolute atomic E-state index is 0.0255. The van der Waals surface area contributed by atoms with E-state index in [0.29, 0.717) is 34.8 Å². The van der Waals surface area contributed by atoms with Crippen molar-refractivity contribution in [3.05, 3.63) is 41.1 Å². The summed E-state index contributed by atoms with van der Waals surface area (Å²) in [5.41, 5.74) is 1.99. The Balaban J connectivity index is 0.000000530. The lowest BCUT2D eigenvalue weighted by molar-refractivity contribution is -0.0367. The van der Waals surface area contributed by atoms with Crippen LogP contribution in [-0.2, 0) is 17.8 Å². The number of aryl methyl sites for hydroxylation is 1. The highest BCUT2D eigenvalue weighted by Gasteiger charge is 2.38. The highest BCUT2D eigenvalue weighted by Crippen LogP contribution is 2.20. The zero-order valence-corrected chi connectivity index (χ0v) is 21.5. The van der Waals surface area contributed by atoms with Crippen LogP contribution in [0.2, 0.25) is 0 Å². The SMILES string of the molecule is COC.Cc1nonc1C(=O)NCc1cn2ncc(CN3CC(F)(F)CNC3=O)cc2n1.FCCCS. The van der Waals surface area contributed by atoms with Gasteiger partial charge in [-0.1, -0.05) is 5.16 Å². The van der Waals surface area contributed by atoms with Crippen LogP contribution in [0.25, 0.3) is 5.65 Å². The van der Waals surface area contributed by atoms with E-state index in [1.165, 1.54) is 10.7 Å². The number of fused-ring (bicyclic) bond motifs is 1. The van der Waals surface area contributed by atoms with Gasteiger partial charge in [0.15, 0.2) is 11.3 Å². The molecule has 3 amide bonds. The number of thiol groups is 1. The molecule has 0 radical (unpaired) electrons. The first kappa shape index (κ1) is 29.8. The van der Waals surface area contributed by atoms with Crippen LogP contribution in [0.3, 0.4) is 0 Å². The number of ether oxygens (including phenoxy) is 1. The smallest absolute Gasteiger partial charge is 0.318 e. The Labute approximate surface area is 216 Å². The van der Waals surface area contributed by atoms with Gasteiger partial charge in [0.25, 0.3) is 11.8 Å². The summed E-state index contributed by atoms with van der Waals surface area (Å²) in [7, 11) is 3.25. The third kappa shape index (κ3) is 9.20.